The molecule has 3 N–H and O–H groups in total. The van der Waals surface area contributed by atoms with Crippen LogP contribution in [0.5, 0.6) is 0 Å². The van der Waals surface area contributed by atoms with Crippen LogP contribution in [0.4, 0.5) is 5.95 Å². The average molecular weight is 234 g/mol. The molecule has 0 spiro atoms. The van der Waals surface area contributed by atoms with Gasteiger partial charge in [0.2, 0.25) is 5.95 Å². The molecule has 17 heavy (non-hydrogen) atoms. The summed E-state index contributed by atoms with van der Waals surface area (Å²) in [4.78, 5) is 15.3. The predicted molar refractivity (Wildman–Crippen MR) is 61.5 cm³/mol. The summed E-state index contributed by atoms with van der Waals surface area (Å²) < 4.78 is 0. The number of hydrogen-bond donors (Lipinski definition) is 3. The summed E-state index contributed by atoms with van der Waals surface area (Å²) in [7, 11) is 0. The number of H-pyrrole nitrogens is 1. The Morgan fingerprint density at radius 2 is 2.47 bits per heavy atom. The zero-order chi connectivity index (χ0) is 12.7. The van der Waals surface area contributed by atoms with E-state index in [4.69, 9.17) is 5.26 Å². The van der Waals surface area contributed by atoms with Gasteiger partial charge >= 0.3 is 0 Å². The van der Waals surface area contributed by atoms with E-state index in [1.165, 1.54) is 12.5 Å². The highest BCUT2D eigenvalue weighted by Gasteiger charge is 2.08. The number of anilines is 1. The van der Waals surface area contributed by atoms with Crippen molar-refractivity contribution in [2.24, 2.45) is 5.92 Å². The Balaban J connectivity index is 2.55. The van der Waals surface area contributed by atoms with Gasteiger partial charge in [-0.1, -0.05) is 13.8 Å². The molecular weight excluding hydrogens is 220 g/mol. The molecule has 1 aromatic heterocycles. The standard InChI is InChI=1S/C10H14N6O/c1-7(2)4-12-9(17)8(3-11)5-13-10-14-6-15-16-10/h5-7H,4H2,1-2H3,(H,12,17)(H2,13,14,15,16)/b8-5-. The number of aromatic nitrogens is 3. The number of nitrogens with zero attached hydrogens (tertiary/aromatic N) is 3. The van der Waals surface area contributed by atoms with Crippen molar-refractivity contribution in [1.29, 1.82) is 5.26 Å². The van der Waals surface area contributed by atoms with Crippen molar-refractivity contribution < 1.29 is 4.79 Å². The molecule has 0 aliphatic rings. The molecule has 1 heterocycles. The summed E-state index contributed by atoms with van der Waals surface area (Å²) in [5, 5.41) is 20.3. The molecule has 0 fully saturated rings. The van der Waals surface area contributed by atoms with Crippen LogP contribution < -0.4 is 10.6 Å². The van der Waals surface area contributed by atoms with Crippen LogP contribution in [0, 0.1) is 17.2 Å². The highest BCUT2D eigenvalue weighted by Crippen LogP contribution is 1.98. The summed E-state index contributed by atoms with van der Waals surface area (Å²) in [6.45, 7) is 4.48. The van der Waals surface area contributed by atoms with Gasteiger partial charge in [-0.15, -0.1) is 0 Å². The van der Waals surface area contributed by atoms with Crippen molar-refractivity contribution >= 4 is 11.9 Å². The van der Waals surface area contributed by atoms with Gasteiger partial charge in [-0.2, -0.15) is 15.3 Å². The smallest absolute Gasteiger partial charge is 0.263 e. The molecule has 0 bridgehead atoms. The third-order valence-corrected chi connectivity index (χ3v) is 1.80. The zero-order valence-corrected chi connectivity index (χ0v) is 9.69. The number of amides is 1. The third-order valence-electron chi connectivity index (χ3n) is 1.80. The first kappa shape index (κ1) is 12.7. The van der Waals surface area contributed by atoms with E-state index >= 15 is 0 Å². The summed E-state index contributed by atoms with van der Waals surface area (Å²) in [6, 6.07) is 1.81. The fourth-order valence-corrected chi connectivity index (χ4v) is 0.956. The molecule has 1 rings (SSSR count). The van der Waals surface area contributed by atoms with E-state index in [9.17, 15) is 4.79 Å². The zero-order valence-electron chi connectivity index (χ0n) is 9.69. The van der Waals surface area contributed by atoms with Gasteiger partial charge in [0.15, 0.2) is 0 Å². The Hall–Kier alpha value is -2.36. The van der Waals surface area contributed by atoms with Crippen LogP contribution in [0.15, 0.2) is 18.1 Å². The molecular formula is C10H14N6O. The maximum Gasteiger partial charge on any atom is 0.263 e. The van der Waals surface area contributed by atoms with E-state index in [0.717, 1.165) is 0 Å². The molecule has 0 radical (unpaired) electrons. The van der Waals surface area contributed by atoms with Crippen molar-refractivity contribution in [1.82, 2.24) is 20.5 Å². The maximum atomic E-state index is 11.6. The van der Waals surface area contributed by atoms with Gasteiger partial charge in [0.1, 0.15) is 18.0 Å². The molecule has 0 unspecified atom stereocenters. The van der Waals surface area contributed by atoms with E-state index in [1.807, 2.05) is 19.9 Å². The Morgan fingerprint density at radius 1 is 1.71 bits per heavy atom. The minimum Gasteiger partial charge on any atom is -0.351 e. The highest BCUT2D eigenvalue weighted by atomic mass is 16.1. The van der Waals surface area contributed by atoms with Crippen molar-refractivity contribution in [2.45, 2.75) is 13.8 Å². The molecule has 1 aromatic rings. The molecule has 0 aliphatic heterocycles. The van der Waals surface area contributed by atoms with Crippen LogP contribution in [-0.2, 0) is 4.79 Å². The number of nitriles is 1. The Labute approximate surface area is 98.9 Å². The first-order valence-corrected chi connectivity index (χ1v) is 5.14. The van der Waals surface area contributed by atoms with Gasteiger partial charge in [0, 0.05) is 12.7 Å². The fraction of sp³-hybridized carbons (Fsp3) is 0.400. The number of carbonyl (C=O) groups is 1. The molecule has 1 amide bonds. The van der Waals surface area contributed by atoms with E-state index in [1.54, 1.807) is 0 Å². The van der Waals surface area contributed by atoms with E-state index in [2.05, 4.69) is 25.8 Å². The maximum absolute atomic E-state index is 11.6. The van der Waals surface area contributed by atoms with Crippen molar-refractivity contribution in [3.05, 3.63) is 18.1 Å². The Kier molecular flexibility index (Phi) is 4.69. The second-order valence-electron chi connectivity index (χ2n) is 3.75. The van der Waals surface area contributed by atoms with E-state index < -0.39 is 5.91 Å². The quantitative estimate of drug-likeness (QED) is 0.505. The molecule has 0 aromatic carbocycles. The van der Waals surface area contributed by atoms with Crippen LogP contribution in [0.2, 0.25) is 0 Å². The van der Waals surface area contributed by atoms with Gasteiger partial charge in [-0.25, -0.2) is 5.10 Å². The molecule has 90 valence electrons. The molecule has 0 atom stereocenters. The van der Waals surface area contributed by atoms with Crippen LogP contribution in [-0.4, -0.2) is 27.6 Å². The topological polar surface area (TPSA) is 106 Å². The first-order chi connectivity index (χ1) is 8.13. The highest BCUT2D eigenvalue weighted by molar-refractivity contribution is 5.97. The van der Waals surface area contributed by atoms with Crippen molar-refractivity contribution in [3.63, 3.8) is 0 Å². The molecule has 0 saturated carbocycles. The van der Waals surface area contributed by atoms with Gasteiger partial charge in [-0.3, -0.25) is 4.79 Å². The van der Waals surface area contributed by atoms with Gasteiger partial charge in [0.25, 0.3) is 5.91 Å². The lowest BCUT2D eigenvalue weighted by atomic mass is 10.2. The SMILES string of the molecule is CC(C)CNC(=O)/C(C#N)=C\Nc1ncn[nH]1. The van der Waals surface area contributed by atoms with Crippen molar-refractivity contribution in [2.75, 3.05) is 11.9 Å². The third kappa shape index (κ3) is 4.34. The van der Waals surface area contributed by atoms with E-state index in [-0.39, 0.29) is 5.57 Å². The van der Waals surface area contributed by atoms with Gasteiger partial charge < -0.3 is 10.6 Å². The lowest BCUT2D eigenvalue weighted by Crippen LogP contribution is -2.28. The van der Waals surface area contributed by atoms with Gasteiger partial charge in [0.05, 0.1) is 0 Å². The number of nitrogens with one attached hydrogen (secondary N) is 3. The molecule has 0 aliphatic carbocycles. The summed E-state index contributed by atoms with van der Waals surface area (Å²) in [6.07, 6.45) is 2.61. The molecule has 0 saturated heterocycles. The lowest BCUT2D eigenvalue weighted by molar-refractivity contribution is -0.117. The lowest BCUT2D eigenvalue weighted by Gasteiger charge is -2.06. The van der Waals surface area contributed by atoms with Crippen LogP contribution >= 0.6 is 0 Å². The summed E-state index contributed by atoms with van der Waals surface area (Å²) in [5.41, 5.74) is -0.0120. The predicted octanol–water partition coefficient (Wildman–Crippen LogP) is 0.396. The number of aromatic amines is 1. The van der Waals surface area contributed by atoms with Gasteiger partial charge in [-0.05, 0) is 5.92 Å². The first-order valence-electron chi connectivity index (χ1n) is 5.14. The molecule has 7 heteroatoms. The van der Waals surface area contributed by atoms with Crippen LogP contribution in [0.3, 0.4) is 0 Å². The second kappa shape index (κ2) is 6.27. The van der Waals surface area contributed by atoms with E-state index in [0.29, 0.717) is 18.4 Å². The van der Waals surface area contributed by atoms with Crippen molar-refractivity contribution in [3.8, 4) is 6.07 Å². The van der Waals surface area contributed by atoms with Crippen LogP contribution in [0.1, 0.15) is 13.8 Å². The Morgan fingerprint density at radius 3 is 3.00 bits per heavy atom. The number of rotatable bonds is 5. The van der Waals surface area contributed by atoms with Crippen LogP contribution in [0.25, 0.3) is 0 Å². The average Bonchev–Trinajstić information content (AvgIpc) is 2.80. The number of carbonyl (C=O) groups excluding carboxylic acids is 1. The summed E-state index contributed by atoms with van der Waals surface area (Å²) >= 11 is 0. The molecule has 7 nitrogen and oxygen atoms in total. The largest absolute Gasteiger partial charge is 0.351 e. The Bertz CT molecular complexity index is 428. The number of hydrogen-bond acceptors (Lipinski definition) is 5. The second-order valence-corrected chi connectivity index (χ2v) is 3.75. The fourth-order valence-electron chi connectivity index (χ4n) is 0.956. The monoisotopic (exact) mass is 234 g/mol. The minimum absolute atomic E-state index is 0.0120. The summed E-state index contributed by atoms with van der Waals surface area (Å²) in [5.74, 6) is 0.295. The minimum atomic E-state index is -0.409. The normalized spacial score (nSPS) is 11.1.